The molecule has 0 unspecified atom stereocenters. The van der Waals surface area contributed by atoms with E-state index in [1.165, 1.54) is 0 Å². The van der Waals surface area contributed by atoms with Crippen molar-refractivity contribution in [3.05, 3.63) is 36.4 Å². The van der Waals surface area contributed by atoms with Gasteiger partial charge in [0.2, 0.25) is 5.91 Å². The summed E-state index contributed by atoms with van der Waals surface area (Å²) < 4.78 is 11.3. The number of amides is 1. The Balaban J connectivity index is 1.98. The molecule has 0 spiro atoms. The van der Waals surface area contributed by atoms with Crippen molar-refractivity contribution in [3.63, 3.8) is 0 Å². The van der Waals surface area contributed by atoms with E-state index in [9.17, 15) is 4.79 Å². The number of carbonyl (C=O) groups excluding carboxylic acids is 1. The molecule has 24 heavy (non-hydrogen) atoms. The number of furan rings is 1. The molecule has 5 heteroatoms. The monoisotopic (exact) mass is 326 g/mol. The van der Waals surface area contributed by atoms with Crippen LogP contribution in [-0.2, 0) is 4.79 Å². The molecule has 5 nitrogen and oxygen atoms in total. The maximum atomic E-state index is 12.4. The van der Waals surface area contributed by atoms with Gasteiger partial charge in [0.1, 0.15) is 16.9 Å². The Morgan fingerprint density at radius 3 is 2.54 bits per heavy atom. The van der Waals surface area contributed by atoms with E-state index in [-0.39, 0.29) is 18.0 Å². The number of para-hydroxylation sites is 1. The van der Waals surface area contributed by atoms with Gasteiger partial charge in [-0.3, -0.25) is 4.79 Å². The molecule has 0 radical (unpaired) electrons. The van der Waals surface area contributed by atoms with Gasteiger partial charge in [-0.2, -0.15) is 0 Å². The Morgan fingerprint density at radius 1 is 1.08 bits per heavy atom. The van der Waals surface area contributed by atoms with Crippen LogP contribution in [0.2, 0.25) is 0 Å². The summed E-state index contributed by atoms with van der Waals surface area (Å²) in [4.78, 5) is 12.4. The summed E-state index contributed by atoms with van der Waals surface area (Å²) in [5, 5.41) is 8.09. The average Bonchev–Trinajstić information content (AvgIpc) is 2.90. The van der Waals surface area contributed by atoms with E-state index in [1.807, 2.05) is 57.2 Å². The minimum atomic E-state index is -0.305. The van der Waals surface area contributed by atoms with Crippen molar-refractivity contribution in [2.75, 3.05) is 12.4 Å². The molecule has 0 saturated carbocycles. The highest BCUT2D eigenvalue weighted by atomic mass is 16.5. The Bertz CT molecular complexity index is 883. The first kappa shape index (κ1) is 16.3. The van der Waals surface area contributed by atoms with Crippen molar-refractivity contribution < 1.29 is 13.9 Å². The summed E-state index contributed by atoms with van der Waals surface area (Å²) in [6.45, 7) is 5.84. The molecule has 0 aliphatic heterocycles. The molecular formula is C19H22N2O3. The topological polar surface area (TPSA) is 63.5 Å². The zero-order valence-corrected chi connectivity index (χ0v) is 14.3. The largest absolute Gasteiger partial charge is 0.495 e. The third-order valence-corrected chi connectivity index (χ3v) is 3.93. The normalized spacial score (nSPS) is 12.7. The second-order valence-electron chi connectivity index (χ2n) is 6.18. The Labute approximate surface area is 141 Å². The molecule has 0 fully saturated rings. The molecule has 0 saturated heterocycles. The van der Waals surface area contributed by atoms with Gasteiger partial charge in [-0.25, -0.2) is 0 Å². The first-order valence-electron chi connectivity index (χ1n) is 8.05. The Kier molecular flexibility index (Phi) is 4.44. The van der Waals surface area contributed by atoms with Crippen LogP contribution in [0.15, 0.2) is 40.8 Å². The smallest absolute Gasteiger partial charge is 0.241 e. The summed E-state index contributed by atoms with van der Waals surface area (Å²) in [6, 6.07) is 11.5. The summed E-state index contributed by atoms with van der Waals surface area (Å²) in [7, 11) is 1.59. The molecule has 2 N–H and O–H groups in total. The summed E-state index contributed by atoms with van der Waals surface area (Å²) in [5.41, 5.74) is 2.14. The highest BCUT2D eigenvalue weighted by Crippen LogP contribution is 2.36. The van der Waals surface area contributed by atoms with Crippen LogP contribution in [0.25, 0.3) is 21.9 Å². The number of carbonyl (C=O) groups is 1. The van der Waals surface area contributed by atoms with Gasteiger partial charge in [-0.1, -0.05) is 32.0 Å². The minimum Gasteiger partial charge on any atom is -0.495 e. The number of hydrogen-bond donors (Lipinski definition) is 2. The lowest BCUT2D eigenvalue weighted by Crippen LogP contribution is -2.41. The van der Waals surface area contributed by atoms with Crippen LogP contribution >= 0.6 is 0 Å². The third kappa shape index (κ3) is 3.08. The van der Waals surface area contributed by atoms with E-state index in [0.717, 1.165) is 21.9 Å². The fourth-order valence-corrected chi connectivity index (χ4v) is 2.83. The zero-order chi connectivity index (χ0) is 17.3. The van der Waals surface area contributed by atoms with Gasteiger partial charge < -0.3 is 19.8 Å². The molecule has 3 rings (SSSR count). The molecule has 0 aliphatic carbocycles. The zero-order valence-electron chi connectivity index (χ0n) is 14.3. The van der Waals surface area contributed by atoms with Gasteiger partial charge in [0.15, 0.2) is 0 Å². The number of methoxy groups -OCH3 is 1. The highest BCUT2D eigenvalue weighted by Gasteiger charge is 2.17. The predicted octanol–water partition coefficient (Wildman–Crippen LogP) is 3.92. The van der Waals surface area contributed by atoms with Gasteiger partial charge in [-0.15, -0.1) is 0 Å². The first-order valence-corrected chi connectivity index (χ1v) is 8.05. The standard InChI is InChI=1S/C19H22N2O3/c1-11(2)20-12(3)19(22)21-15-10-17-14(9-18(15)23-4)13-7-5-6-8-16(13)24-17/h5-12,20H,1-4H3,(H,21,22)/t12-/m1/s1. The van der Waals surface area contributed by atoms with E-state index >= 15 is 0 Å². The molecule has 0 bridgehead atoms. The highest BCUT2D eigenvalue weighted by molar-refractivity contribution is 6.08. The lowest BCUT2D eigenvalue weighted by molar-refractivity contribution is -0.117. The molecule has 0 aliphatic rings. The number of anilines is 1. The Hall–Kier alpha value is -2.53. The second kappa shape index (κ2) is 6.53. The van der Waals surface area contributed by atoms with Crippen molar-refractivity contribution in [1.82, 2.24) is 5.32 Å². The van der Waals surface area contributed by atoms with Crippen molar-refractivity contribution >= 4 is 33.5 Å². The van der Waals surface area contributed by atoms with Crippen molar-refractivity contribution in [3.8, 4) is 5.75 Å². The first-order chi connectivity index (χ1) is 11.5. The van der Waals surface area contributed by atoms with E-state index < -0.39 is 0 Å². The number of rotatable bonds is 5. The number of ether oxygens (including phenoxy) is 1. The average molecular weight is 326 g/mol. The van der Waals surface area contributed by atoms with E-state index in [2.05, 4.69) is 10.6 Å². The van der Waals surface area contributed by atoms with Crippen LogP contribution < -0.4 is 15.4 Å². The quantitative estimate of drug-likeness (QED) is 0.746. The molecule has 1 aromatic heterocycles. The SMILES string of the molecule is COc1cc2c(cc1NC(=O)[C@@H](C)NC(C)C)oc1ccccc12. The van der Waals surface area contributed by atoms with E-state index in [1.54, 1.807) is 7.11 Å². The Morgan fingerprint density at radius 2 is 1.83 bits per heavy atom. The predicted molar refractivity (Wildman–Crippen MR) is 96.6 cm³/mol. The third-order valence-electron chi connectivity index (χ3n) is 3.93. The second-order valence-corrected chi connectivity index (χ2v) is 6.18. The van der Waals surface area contributed by atoms with Gasteiger partial charge in [0, 0.05) is 22.9 Å². The molecule has 3 aromatic rings. The van der Waals surface area contributed by atoms with Gasteiger partial charge in [0.25, 0.3) is 0 Å². The van der Waals surface area contributed by atoms with Gasteiger partial charge >= 0.3 is 0 Å². The number of nitrogens with one attached hydrogen (secondary N) is 2. The molecule has 2 aromatic carbocycles. The van der Waals surface area contributed by atoms with Gasteiger partial charge in [-0.05, 0) is 19.1 Å². The molecule has 126 valence electrons. The number of benzene rings is 2. The fourth-order valence-electron chi connectivity index (χ4n) is 2.83. The molecule has 1 amide bonds. The van der Waals surface area contributed by atoms with Crippen molar-refractivity contribution in [1.29, 1.82) is 0 Å². The lowest BCUT2D eigenvalue weighted by Gasteiger charge is -2.17. The minimum absolute atomic E-state index is 0.113. The number of fused-ring (bicyclic) bond motifs is 3. The van der Waals surface area contributed by atoms with Crippen LogP contribution in [0, 0.1) is 0 Å². The maximum absolute atomic E-state index is 12.4. The summed E-state index contributed by atoms with van der Waals surface area (Å²) >= 11 is 0. The summed E-state index contributed by atoms with van der Waals surface area (Å²) in [5.74, 6) is 0.497. The molecular weight excluding hydrogens is 304 g/mol. The fraction of sp³-hybridized carbons (Fsp3) is 0.316. The van der Waals surface area contributed by atoms with E-state index in [4.69, 9.17) is 9.15 Å². The lowest BCUT2D eigenvalue weighted by atomic mass is 10.1. The van der Waals surface area contributed by atoms with Crippen molar-refractivity contribution in [2.45, 2.75) is 32.9 Å². The summed E-state index contributed by atoms with van der Waals surface area (Å²) in [6.07, 6.45) is 0. The maximum Gasteiger partial charge on any atom is 0.241 e. The molecule has 1 atom stereocenters. The van der Waals surface area contributed by atoms with E-state index in [0.29, 0.717) is 11.4 Å². The van der Waals surface area contributed by atoms with Crippen LogP contribution in [0.3, 0.4) is 0 Å². The van der Waals surface area contributed by atoms with Gasteiger partial charge in [0.05, 0.1) is 18.8 Å². The van der Waals surface area contributed by atoms with Crippen LogP contribution in [-0.4, -0.2) is 25.1 Å². The molecule has 1 heterocycles. The van der Waals surface area contributed by atoms with Crippen LogP contribution in [0.5, 0.6) is 5.75 Å². The van der Waals surface area contributed by atoms with Crippen LogP contribution in [0.1, 0.15) is 20.8 Å². The van der Waals surface area contributed by atoms with Crippen LogP contribution in [0.4, 0.5) is 5.69 Å². The number of hydrogen-bond acceptors (Lipinski definition) is 4. The van der Waals surface area contributed by atoms with Crippen molar-refractivity contribution in [2.24, 2.45) is 0 Å².